The first-order chi connectivity index (χ1) is 21.0. The van der Waals surface area contributed by atoms with Crippen molar-refractivity contribution < 1.29 is 18.4 Å². The Balaban J connectivity index is 1.48. The fourth-order valence-corrected chi connectivity index (χ4v) is 6.37. The van der Waals surface area contributed by atoms with Crippen LogP contribution in [0.25, 0.3) is 11.1 Å². The number of nitrogens with one attached hydrogen (secondary N) is 2. The highest BCUT2D eigenvalue weighted by molar-refractivity contribution is 6.16. The Labute approximate surface area is 270 Å². The maximum atomic E-state index is 13.3. The smallest absolute Gasteiger partial charge is 0.345 e. The van der Waals surface area contributed by atoms with E-state index >= 15 is 0 Å². The molecule has 234 valence electrons. The normalized spacial score (nSPS) is 11.7. The molecule has 4 aromatic carbocycles. The summed E-state index contributed by atoms with van der Waals surface area (Å²) in [4.78, 5) is 26.2. The number of amides is 2. The predicted molar refractivity (Wildman–Crippen MR) is 190 cm³/mol. The Bertz CT molecular complexity index is 1660. The number of rotatable bonds is 10. The van der Waals surface area contributed by atoms with Crippen molar-refractivity contribution in [2.75, 3.05) is 45.9 Å². The van der Waals surface area contributed by atoms with E-state index in [0.29, 0.717) is 11.1 Å². The van der Waals surface area contributed by atoms with Crippen molar-refractivity contribution in [1.82, 2.24) is 0 Å². The molecule has 7 heteroatoms. The molecule has 0 aliphatic heterocycles. The zero-order chi connectivity index (χ0) is 33.1. The average Bonchev–Trinajstić information content (AvgIpc) is 2.95. The fraction of sp³-hybridized carbons (Fsp3) is 0.316. The topological polar surface area (TPSA) is 58.2 Å². The molecule has 0 saturated heterocycles. The second-order valence-corrected chi connectivity index (χ2v) is 14.2. The maximum absolute atomic E-state index is 13.3. The molecule has 0 bridgehead atoms. The molecule has 0 unspecified atom stereocenters. The van der Waals surface area contributed by atoms with Gasteiger partial charge in [-0.3, -0.25) is 9.59 Å². The van der Waals surface area contributed by atoms with Crippen LogP contribution in [-0.2, 0) is 13.0 Å². The lowest BCUT2D eigenvalue weighted by atomic mass is 9.95. The van der Waals surface area contributed by atoms with Crippen LogP contribution in [0.15, 0.2) is 72.8 Å². The van der Waals surface area contributed by atoms with Crippen LogP contribution in [0.3, 0.4) is 0 Å². The van der Waals surface area contributed by atoms with Gasteiger partial charge in [-0.1, -0.05) is 31.2 Å². The van der Waals surface area contributed by atoms with Gasteiger partial charge in [0.1, 0.15) is 0 Å². The Morgan fingerprint density at radius 3 is 1.29 bits per heavy atom. The summed E-state index contributed by atoms with van der Waals surface area (Å²) in [5.74, 6) is -0.224. The van der Waals surface area contributed by atoms with Gasteiger partial charge in [0, 0.05) is 28.1 Å². The Morgan fingerprint density at radius 2 is 0.956 bits per heavy atom. The molecule has 4 aromatic rings. The Hall–Kier alpha value is -4.20. The third-order valence-corrected chi connectivity index (χ3v) is 8.13. The number of anilines is 2. The Morgan fingerprint density at radius 1 is 0.600 bits per heavy atom. The van der Waals surface area contributed by atoms with Crippen LogP contribution in [0.4, 0.5) is 11.4 Å². The van der Waals surface area contributed by atoms with E-state index in [1.807, 2.05) is 64.1 Å². The van der Waals surface area contributed by atoms with Gasteiger partial charge in [-0.2, -0.15) is 0 Å². The van der Waals surface area contributed by atoms with Gasteiger partial charge >= 0.3 is 7.55 Å². The minimum absolute atomic E-state index is 0.110. The number of quaternary nitrogens is 2. The summed E-state index contributed by atoms with van der Waals surface area (Å²) >= 11 is 0. The number of carbonyl (C=O) groups is 2. The number of aryl methyl sites for hydroxylation is 5. The molecule has 0 heterocycles. The van der Waals surface area contributed by atoms with Crippen molar-refractivity contribution in [3.63, 3.8) is 0 Å². The summed E-state index contributed by atoms with van der Waals surface area (Å²) < 4.78 is 1.76. The molecule has 0 atom stereocenters. The highest BCUT2D eigenvalue weighted by atomic mass is 16.2. The first kappa shape index (κ1) is 33.7. The van der Waals surface area contributed by atoms with E-state index in [1.54, 1.807) is 0 Å². The second kappa shape index (κ2) is 13.4. The van der Waals surface area contributed by atoms with E-state index < -0.39 is 0 Å². The zero-order valence-electron chi connectivity index (χ0n) is 28.8. The standard InChI is InChI=1S/C38H47BN4O2/c1-11-29-12-16-31(17-13-29)37(44)40-35-25(2)20-33(21-26(35)3)34-22-27(4)36(28(5)23-34)41-38(45)32-18-14-30(15-19-32)24-43(9,10)39-42(6,7)8/h12-23,39H,11,24H2,1-10H3/p+2. The van der Waals surface area contributed by atoms with Crippen LogP contribution in [-0.4, -0.2) is 63.4 Å². The number of nitrogens with zero attached hydrogens (tertiary/aromatic N) is 2. The minimum Gasteiger partial charge on any atom is -0.345 e. The van der Waals surface area contributed by atoms with Gasteiger partial charge in [0.05, 0.1) is 41.8 Å². The molecule has 0 fully saturated rings. The number of benzene rings is 4. The zero-order valence-corrected chi connectivity index (χ0v) is 28.8. The van der Waals surface area contributed by atoms with Gasteiger partial charge in [-0.25, -0.2) is 0 Å². The fourth-order valence-electron chi connectivity index (χ4n) is 6.37. The molecule has 0 aliphatic carbocycles. The lowest BCUT2D eigenvalue weighted by Crippen LogP contribution is -2.56. The van der Waals surface area contributed by atoms with E-state index in [4.69, 9.17) is 0 Å². The highest BCUT2D eigenvalue weighted by Crippen LogP contribution is 2.33. The average molecular weight is 605 g/mol. The van der Waals surface area contributed by atoms with Gasteiger partial charge in [0.25, 0.3) is 11.8 Å². The largest absolute Gasteiger partial charge is 0.657 e. The van der Waals surface area contributed by atoms with Crippen molar-refractivity contribution in [2.24, 2.45) is 0 Å². The van der Waals surface area contributed by atoms with E-state index in [1.165, 1.54) is 11.1 Å². The van der Waals surface area contributed by atoms with Crippen LogP contribution >= 0.6 is 0 Å². The van der Waals surface area contributed by atoms with Gasteiger partial charge < -0.3 is 19.4 Å². The third kappa shape index (κ3) is 8.71. The monoisotopic (exact) mass is 604 g/mol. The molecule has 6 nitrogen and oxygen atoms in total. The molecular formula is C38H49BN4O2+2. The molecule has 45 heavy (non-hydrogen) atoms. The summed E-state index contributed by atoms with van der Waals surface area (Å²) in [6.45, 7) is 11.1. The number of hydrogen-bond donors (Lipinski definition) is 2. The van der Waals surface area contributed by atoms with Gasteiger partial charge in [-0.05, 0) is 122 Å². The molecular weight excluding hydrogens is 555 g/mol. The Kier molecular flexibility index (Phi) is 10.1. The quantitative estimate of drug-likeness (QED) is 0.188. The van der Waals surface area contributed by atoms with Crippen LogP contribution in [0.2, 0.25) is 0 Å². The lowest BCUT2D eigenvalue weighted by Gasteiger charge is -2.34. The SMILES string of the molecule is CCc1ccc(C(=O)Nc2c(C)cc(-c3cc(C)c(NC(=O)c4ccc(C[N+](C)(C)B[N+](C)(C)C)cc4)c(C)c3)cc2C)cc1. The number of carbonyl (C=O) groups excluding carboxylic acids is 2. The molecule has 0 saturated carbocycles. The summed E-state index contributed by atoms with van der Waals surface area (Å²) in [5.41, 5.74) is 11.5. The van der Waals surface area contributed by atoms with Crippen molar-refractivity contribution in [3.8, 4) is 11.1 Å². The van der Waals surface area contributed by atoms with Crippen LogP contribution < -0.4 is 10.6 Å². The summed E-state index contributed by atoms with van der Waals surface area (Å²) in [6, 6.07) is 24.2. The number of hydrogen-bond acceptors (Lipinski definition) is 2. The molecule has 0 aromatic heterocycles. The van der Waals surface area contributed by atoms with Gasteiger partial charge in [0.2, 0.25) is 0 Å². The predicted octanol–water partition coefficient (Wildman–Crippen LogP) is 7.20. The summed E-state index contributed by atoms with van der Waals surface area (Å²) in [5, 5.41) is 6.27. The highest BCUT2D eigenvalue weighted by Gasteiger charge is 2.31. The van der Waals surface area contributed by atoms with Gasteiger partial charge in [0.15, 0.2) is 0 Å². The van der Waals surface area contributed by atoms with E-state index in [-0.39, 0.29) is 11.8 Å². The van der Waals surface area contributed by atoms with Crippen LogP contribution in [0.1, 0.15) is 61.0 Å². The maximum Gasteiger partial charge on any atom is 0.657 e. The van der Waals surface area contributed by atoms with E-state index in [2.05, 4.69) is 89.2 Å². The van der Waals surface area contributed by atoms with Crippen molar-refractivity contribution in [3.05, 3.63) is 117 Å². The van der Waals surface area contributed by atoms with Crippen molar-refractivity contribution in [2.45, 2.75) is 47.6 Å². The summed E-state index contributed by atoms with van der Waals surface area (Å²) in [7, 11) is 12.1. The molecule has 0 radical (unpaired) electrons. The molecule has 2 N–H and O–H groups in total. The van der Waals surface area contributed by atoms with Crippen LogP contribution in [0, 0.1) is 27.7 Å². The third-order valence-electron chi connectivity index (χ3n) is 8.13. The molecule has 2 amide bonds. The summed E-state index contributed by atoms with van der Waals surface area (Å²) in [6.07, 6.45) is 0.942. The molecule has 4 rings (SSSR count). The lowest BCUT2D eigenvalue weighted by molar-refractivity contribution is -0.888. The second-order valence-electron chi connectivity index (χ2n) is 14.2. The van der Waals surface area contributed by atoms with E-state index in [0.717, 1.165) is 74.1 Å². The van der Waals surface area contributed by atoms with Gasteiger partial charge in [-0.15, -0.1) is 0 Å². The first-order valence-corrected chi connectivity index (χ1v) is 15.7. The first-order valence-electron chi connectivity index (χ1n) is 15.7. The molecule has 0 aliphatic rings. The van der Waals surface area contributed by atoms with Crippen LogP contribution in [0.5, 0.6) is 0 Å². The van der Waals surface area contributed by atoms with Crippen molar-refractivity contribution in [1.29, 1.82) is 0 Å². The van der Waals surface area contributed by atoms with E-state index in [9.17, 15) is 9.59 Å². The molecule has 0 spiro atoms. The minimum atomic E-state index is -0.114. The van der Waals surface area contributed by atoms with Crippen molar-refractivity contribution >= 4 is 30.7 Å².